The lowest BCUT2D eigenvalue weighted by Gasteiger charge is -2.23. The molecule has 0 spiro atoms. The van der Waals surface area contributed by atoms with Crippen LogP contribution in [0, 0.1) is 6.92 Å². The molecular formula is C21H16N2O4S. The Morgan fingerprint density at radius 3 is 2.07 bits per heavy atom. The maximum Gasteiger partial charge on any atom is 0.200 e. The molecule has 6 N–H and O–H groups in total. The van der Waals surface area contributed by atoms with Crippen molar-refractivity contribution in [2.75, 3.05) is 11.5 Å². The van der Waals surface area contributed by atoms with E-state index in [2.05, 4.69) is 0 Å². The zero-order valence-electron chi connectivity index (χ0n) is 14.8. The van der Waals surface area contributed by atoms with Gasteiger partial charge in [-0.05, 0) is 37.3 Å². The maximum atomic E-state index is 13.1. The smallest absolute Gasteiger partial charge is 0.200 e. The van der Waals surface area contributed by atoms with Gasteiger partial charge in [0.2, 0.25) is 11.6 Å². The van der Waals surface area contributed by atoms with Crippen molar-refractivity contribution in [2.45, 2.75) is 16.7 Å². The van der Waals surface area contributed by atoms with Gasteiger partial charge in [0.25, 0.3) is 0 Å². The molecule has 0 saturated carbocycles. The van der Waals surface area contributed by atoms with Gasteiger partial charge in [-0.1, -0.05) is 29.5 Å². The summed E-state index contributed by atoms with van der Waals surface area (Å²) in [5.74, 6) is -1.98. The standard InChI is InChI=1S/C21H16N2O4S/c1-9-2-4-10(5-3-9)28-14-8-12(23)16-18(19(14)25)21(27)15-11(22)6-7-13(24)17(15)20(16)26/h2-8,24-25H,22-23H2,1H3. The summed E-state index contributed by atoms with van der Waals surface area (Å²) in [6.45, 7) is 1.96. The fraction of sp³-hybridized carbons (Fsp3) is 0.0476. The van der Waals surface area contributed by atoms with Gasteiger partial charge in [-0.25, -0.2) is 0 Å². The summed E-state index contributed by atoms with van der Waals surface area (Å²) < 4.78 is 0. The molecule has 0 aliphatic heterocycles. The van der Waals surface area contributed by atoms with Gasteiger partial charge in [-0.3, -0.25) is 9.59 Å². The SMILES string of the molecule is Cc1ccc(Sc2cc(N)c3c(c2O)C(=O)c2c(N)ccc(O)c2C3=O)cc1. The van der Waals surface area contributed by atoms with Gasteiger partial charge in [0.05, 0.1) is 27.1 Å². The summed E-state index contributed by atoms with van der Waals surface area (Å²) in [6, 6.07) is 11.7. The van der Waals surface area contributed by atoms with Crippen LogP contribution in [0.1, 0.15) is 37.4 Å². The molecule has 3 aromatic carbocycles. The molecule has 1 aliphatic rings. The number of nitrogens with two attached hydrogens (primary N) is 2. The van der Waals surface area contributed by atoms with E-state index in [0.29, 0.717) is 4.90 Å². The fourth-order valence-corrected chi connectivity index (χ4v) is 4.19. The van der Waals surface area contributed by atoms with Gasteiger partial charge in [0.1, 0.15) is 11.5 Å². The first kappa shape index (κ1) is 17.9. The van der Waals surface area contributed by atoms with Crippen LogP contribution in [0.4, 0.5) is 11.4 Å². The molecule has 0 atom stereocenters. The summed E-state index contributed by atoms with van der Waals surface area (Å²) in [5, 5.41) is 20.9. The highest BCUT2D eigenvalue weighted by atomic mass is 32.2. The summed E-state index contributed by atoms with van der Waals surface area (Å²) in [7, 11) is 0. The number of aryl methyl sites for hydroxylation is 1. The van der Waals surface area contributed by atoms with Crippen molar-refractivity contribution in [2.24, 2.45) is 0 Å². The van der Waals surface area contributed by atoms with Crippen LogP contribution in [0.3, 0.4) is 0 Å². The highest BCUT2D eigenvalue weighted by Gasteiger charge is 2.38. The molecular weight excluding hydrogens is 376 g/mol. The van der Waals surface area contributed by atoms with E-state index >= 15 is 0 Å². The van der Waals surface area contributed by atoms with E-state index < -0.39 is 11.6 Å². The van der Waals surface area contributed by atoms with Gasteiger partial charge < -0.3 is 21.7 Å². The number of hydrogen-bond donors (Lipinski definition) is 4. The number of aromatic hydroxyl groups is 2. The van der Waals surface area contributed by atoms with Crippen LogP contribution in [-0.2, 0) is 0 Å². The minimum Gasteiger partial charge on any atom is -0.507 e. The van der Waals surface area contributed by atoms with Crippen molar-refractivity contribution in [1.29, 1.82) is 0 Å². The molecule has 3 aromatic rings. The van der Waals surface area contributed by atoms with Crippen LogP contribution < -0.4 is 11.5 Å². The topological polar surface area (TPSA) is 127 Å². The van der Waals surface area contributed by atoms with E-state index in [9.17, 15) is 19.8 Å². The number of carbonyl (C=O) groups excluding carboxylic acids is 2. The Morgan fingerprint density at radius 2 is 1.39 bits per heavy atom. The largest absolute Gasteiger partial charge is 0.507 e. The van der Waals surface area contributed by atoms with E-state index in [1.165, 1.54) is 30.0 Å². The first-order valence-corrected chi connectivity index (χ1v) is 9.22. The first-order valence-electron chi connectivity index (χ1n) is 8.40. The number of ketones is 2. The van der Waals surface area contributed by atoms with Crippen LogP contribution in [0.25, 0.3) is 0 Å². The second-order valence-corrected chi connectivity index (χ2v) is 7.68. The predicted molar refractivity (Wildman–Crippen MR) is 107 cm³/mol. The van der Waals surface area contributed by atoms with Crippen molar-refractivity contribution in [3.05, 3.63) is 70.3 Å². The predicted octanol–water partition coefficient (Wildman–Crippen LogP) is 3.50. The van der Waals surface area contributed by atoms with E-state index in [0.717, 1.165) is 10.5 Å². The maximum absolute atomic E-state index is 13.1. The highest BCUT2D eigenvalue weighted by Crippen LogP contribution is 2.46. The van der Waals surface area contributed by atoms with Crippen LogP contribution >= 0.6 is 11.8 Å². The van der Waals surface area contributed by atoms with Crippen LogP contribution in [0.2, 0.25) is 0 Å². The zero-order valence-corrected chi connectivity index (χ0v) is 15.6. The van der Waals surface area contributed by atoms with Crippen molar-refractivity contribution in [3.8, 4) is 11.5 Å². The lowest BCUT2D eigenvalue weighted by molar-refractivity contribution is 0.0975. The van der Waals surface area contributed by atoms with Crippen molar-refractivity contribution in [1.82, 2.24) is 0 Å². The second-order valence-electron chi connectivity index (χ2n) is 6.56. The lowest BCUT2D eigenvalue weighted by atomic mass is 9.81. The molecule has 0 saturated heterocycles. The van der Waals surface area contributed by atoms with Gasteiger partial charge in [0.15, 0.2) is 0 Å². The molecule has 28 heavy (non-hydrogen) atoms. The monoisotopic (exact) mass is 392 g/mol. The number of carbonyl (C=O) groups is 2. The summed E-state index contributed by atoms with van der Waals surface area (Å²) in [6.07, 6.45) is 0. The molecule has 0 unspecified atom stereocenters. The number of benzene rings is 3. The fourth-order valence-electron chi connectivity index (χ4n) is 3.28. The Balaban J connectivity index is 1.91. The van der Waals surface area contributed by atoms with Gasteiger partial charge >= 0.3 is 0 Å². The highest BCUT2D eigenvalue weighted by molar-refractivity contribution is 7.99. The Morgan fingerprint density at radius 1 is 0.786 bits per heavy atom. The van der Waals surface area contributed by atoms with E-state index in [1.807, 2.05) is 31.2 Å². The number of rotatable bonds is 2. The number of nitrogen functional groups attached to an aromatic ring is 2. The van der Waals surface area contributed by atoms with Crippen LogP contribution in [0.15, 0.2) is 52.3 Å². The van der Waals surface area contributed by atoms with Gasteiger partial charge in [-0.15, -0.1) is 0 Å². The molecule has 140 valence electrons. The quantitative estimate of drug-likeness (QED) is 0.304. The number of hydrogen-bond acceptors (Lipinski definition) is 7. The van der Waals surface area contributed by atoms with Crippen molar-refractivity contribution >= 4 is 34.7 Å². The number of anilines is 2. The zero-order chi connectivity index (χ0) is 20.2. The van der Waals surface area contributed by atoms with E-state index in [4.69, 9.17) is 11.5 Å². The van der Waals surface area contributed by atoms with Crippen molar-refractivity contribution in [3.63, 3.8) is 0 Å². The molecule has 0 bridgehead atoms. The molecule has 0 radical (unpaired) electrons. The minimum absolute atomic E-state index is 0.0476. The summed E-state index contributed by atoms with van der Waals surface area (Å²) in [4.78, 5) is 27.2. The summed E-state index contributed by atoms with van der Waals surface area (Å²) >= 11 is 1.23. The van der Waals surface area contributed by atoms with Crippen LogP contribution in [-0.4, -0.2) is 21.8 Å². The molecule has 0 heterocycles. The van der Waals surface area contributed by atoms with Crippen LogP contribution in [0.5, 0.6) is 11.5 Å². The average Bonchev–Trinajstić information content (AvgIpc) is 2.66. The summed E-state index contributed by atoms with van der Waals surface area (Å²) in [5.41, 5.74) is 12.5. The third-order valence-electron chi connectivity index (χ3n) is 4.67. The Bertz CT molecular complexity index is 1170. The normalized spacial score (nSPS) is 12.6. The Labute approximate surface area is 164 Å². The Hall–Kier alpha value is -3.45. The van der Waals surface area contributed by atoms with E-state index in [1.54, 1.807) is 0 Å². The molecule has 4 rings (SSSR count). The average molecular weight is 392 g/mol. The third-order valence-corrected chi connectivity index (χ3v) is 5.71. The minimum atomic E-state index is -0.645. The molecule has 0 fully saturated rings. The molecule has 6 nitrogen and oxygen atoms in total. The van der Waals surface area contributed by atoms with Gasteiger partial charge in [0, 0.05) is 16.3 Å². The Kier molecular flexibility index (Phi) is 4.05. The molecule has 7 heteroatoms. The lowest BCUT2D eigenvalue weighted by Crippen LogP contribution is -2.24. The van der Waals surface area contributed by atoms with E-state index in [-0.39, 0.29) is 45.1 Å². The number of phenols is 2. The third kappa shape index (κ3) is 2.59. The molecule has 1 aliphatic carbocycles. The number of phenolic OH excluding ortho intramolecular Hbond substituents is 2. The first-order chi connectivity index (χ1) is 13.3. The second kappa shape index (κ2) is 6.31. The van der Waals surface area contributed by atoms with Gasteiger partial charge in [-0.2, -0.15) is 0 Å². The molecule has 0 amide bonds. The number of fused-ring (bicyclic) bond motifs is 2. The molecule has 0 aromatic heterocycles. The van der Waals surface area contributed by atoms with Crippen molar-refractivity contribution < 1.29 is 19.8 Å².